The Morgan fingerprint density at radius 3 is 1.89 bits per heavy atom. The molecule has 1 N–H and O–H groups in total. The predicted octanol–water partition coefficient (Wildman–Crippen LogP) is 9.00. The molecular weight excluding hydrogens is 703 g/mol. The van der Waals surface area contributed by atoms with E-state index in [-0.39, 0.29) is 11.9 Å². The Kier molecular flexibility index (Phi) is 6.74. The van der Waals surface area contributed by atoms with E-state index >= 15 is 0 Å². The third kappa shape index (κ3) is 3.76. The van der Waals surface area contributed by atoms with E-state index in [1.807, 2.05) is 54.6 Å². The minimum Gasteiger partial charge on any atom is -0.466 e. The topological polar surface area (TPSA) is 89.6 Å². The quantitative estimate of drug-likeness (QED) is 0.171. The Labute approximate surface area is 326 Å². The molecule has 6 aliphatic rings. The molecule has 5 aromatic rings. The van der Waals surface area contributed by atoms with Gasteiger partial charge in [-0.2, -0.15) is 0 Å². The molecule has 56 heavy (non-hydrogen) atoms. The van der Waals surface area contributed by atoms with Gasteiger partial charge in [-0.05, 0) is 94.6 Å². The highest BCUT2D eigenvalue weighted by molar-refractivity contribution is 5.98. The highest BCUT2D eigenvalue weighted by Gasteiger charge is 2.79. The number of nitrogens with zero attached hydrogens (tertiary/aromatic N) is 2. The van der Waals surface area contributed by atoms with E-state index in [0.29, 0.717) is 41.2 Å². The number of carbonyl (C=O) groups is 2. The molecule has 11 rings (SSSR count). The smallest absolute Gasteiger partial charge is 0.340 e. The summed E-state index contributed by atoms with van der Waals surface area (Å²) in [6.07, 6.45) is 2.21. The molecule has 0 amide bonds. The van der Waals surface area contributed by atoms with Crippen molar-refractivity contribution < 1.29 is 28.5 Å². The summed E-state index contributed by atoms with van der Waals surface area (Å²) in [5, 5.41) is 3.94. The van der Waals surface area contributed by atoms with Crippen molar-refractivity contribution in [1.29, 1.82) is 0 Å². The van der Waals surface area contributed by atoms with Crippen LogP contribution in [0.15, 0.2) is 97.1 Å². The van der Waals surface area contributed by atoms with Crippen molar-refractivity contribution in [2.24, 2.45) is 0 Å². The third-order valence-electron chi connectivity index (χ3n) is 13.7. The van der Waals surface area contributed by atoms with Crippen LogP contribution < -0.4 is 24.6 Å². The van der Waals surface area contributed by atoms with Crippen LogP contribution in [0.5, 0.6) is 17.2 Å². The van der Waals surface area contributed by atoms with Crippen molar-refractivity contribution in [2.45, 2.75) is 69.3 Å². The van der Waals surface area contributed by atoms with Gasteiger partial charge in [0, 0.05) is 89.6 Å². The first kappa shape index (κ1) is 33.4. The number of fused-ring (bicyclic) bond motifs is 11. The second-order valence-corrected chi connectivity index (χ2v) is 15.7. The molecular formula is C47H43N3O6. The molecule has 1 fully saturated rings. The molecule has 0 radical (unpaired) electrons. The van der Waals surface area contributed by atoms with Gasteiger partial charge >= 0.3 is 11.9 Å². The maximum absolute atomic E-state index is 14.2. The fraction of sp³-hybridized carbons (Fsp3) is 0.319. The van der Waals surface area contributed by atoms with Crippen LogP contribution in [0.2, 0.25) is 0 Å². The van der Waals surface area contributed by atoms with E-state index in [1.54, 1.807) is 0 Å². The first-order valence-corrected chi connectivity index (χ1v) is 20.1. The number of ether oxygens (including phenoxy) is 4. The van der Waals surface area contributed by atoms with Gasteiger partial charge in [-0.15, -0.1) is 0 Å². The molecule has 5 aromatic carbocycles. The zero-order valence-electron chi connectivity index (χ0n) is 32.0. The van der Waals surface area contributed by atoms with Crippen LogP contribution in [0.25, 0.3) is 0 Å². The zero-order valence-corrected chi connectivity index (χ0v) is 32.0. The van der Waals surface area contributed by atoms with Crippen LogP contribution in [0, 0.1) is 0 Å². The highest BCUT2D eigenvalue weighted by atomic mass is 16.6. The maximum Gasteiger partial charge on any atom is 0.340 e. The van der Waals surface area contributed by atoms with Crippen LogP contribution in [-0.4, -0.2) is 43.8 Å². The summed E-state index contributed by atoms with van der Waals surface area (Å²) in [7, 11) is 0. The lowest BCUT2D eigenvalue weighted by Crippen LogP contribution is -2.66. The van der Waals surface area contributed by atoms with Crippen LogP contribution in [0.1, 0.15) is 101 Å². The zero-order chi connectivity index (χ0) is 38.2. The number of benzene rings is 5. The molecule has 1 aliphatic carbocycles. The van der Waals surface area contributed by atoms with Gasteiger partial charge in [0.2, 0.25) is 0 Å². The first-order chi connectivity index (χ1) is 27.3. The van der Waals surface area contributed by atoms with Crippen LogP contribution in [-0.2, 0) is 26.1 Å². The van der Waals surface area contributed by atoms with Gasteiger partial charge in [-0.25, -0.2) is 9.59 Å². The average Bonchev–Trinajstić information content (AvgIpc) is 3.91. The molecule has 1 saturated carbocycles. The lowest BCUT2D eigenvalue weighted by atomic mass is 9.57. The number of nitrogens with one attached hydrogen (secondary N) is 1. The van der Waals surface area contributed by atoms with Gasteiger partial charge in [0.15, 0.2) is 16.9 Å². The number of rotatable bonds is 6. The van der Waals surface area contributed by atoms with E-state index in [0.717, 1.165) is 83.0 Å². The fourth-order valence-electron chi connectivity index (χ4n) is 11.3. The Balaban J connectivity index is 1.19. The Hall–Kier alpha value is -5.96. The number of hydrogen-bond donors (Lipinski definition) is 1. The molecule has 9 heteroatoms. The van der Waals surface area contributed by atoms with E-state index in [2.05, 4.69) is 85.3 Å². The van der Waals surface area contributed by atoms with Crippen LogP contribution in [0.3, 0.4) is 0 Å². The van der Waals surface area contributed by atoms with Gasteiger partial charge in [-0.3, -0.25) is 0 Å². The summed E-state index contributed by atoms with van der Waals surface area (Å²) >= 11 is 0. The third-order valence-corrected chi connectivity index (χ3v) is 13.7. The van der Waals surface area contributed by atoms with Crippen molar-refractivity contribution in [1.82, 2.24) is 0 Å². The molecule has 2 spiro atoms. The molecule has 2 unspecified atom stereocenters. The van der Waals surface area contributed by atoms with Crippen molar-refractivity contribution >= 4 is 29.0 Å². The normalized spacial score (nSPS) is 26.3. The van der Waals surface area contributed by atoms with Gasteiger partial charge in [0.25, 0.3) is 0 Å². The molecule has 5 heterocycles. The second kappa shape index (κ2) is 11.3. The predicted molar refractivity (Wildman–Crippen MR) is 213 cm³/mol. The largest absolute Gasteiger partial charge is 0.466 e. The summed E-state index contributed by atoms with van der Waals surface area (Å²) in [4.78, 5) is 32.6. The molecule has 0 aromatic heterocycles. The van der Waals surface area contributed by atoms with Gasteiger partial charge < -0.3 is 34.1 Å². The molecule has 5 aliphatic heterocycles. The molecule has 282 valence electrons. The van der Waals surface area contributed by atoms with E-state index < -0.39 is 22.3 Å². The summed E-state index contributed by atoms with van der Waals surface area (Å²) in [5.41, 5.74) is 4.63. The minimum absolute atomic E-state index is 0.342. The lowest BCUT2D eigenvalue weighted by Gasteiger charge is -2.55. The summed E-state index contributed by atoms with van der Waals surface area (Å²) < 4.78 is 28.0. The second-order valence-electron chi connectivity index (χ2n) is 15.7. The number of anilines is 3. The van der Waals surface area contributed by atoms with E-state index in [1.165, 1.54) is 0 Å². The summed E-state index contributed by atoms with van der Waals surface area (Å²) in [6, 6.07) is 32.2. The van der Waals surface area contributed by atoms with Gasteiger partial charge in [0.05, 0.1) is 11.1 Å². The summed E-state index contributed by atoms with van der Waals surface area (Å²) in [5.74, 6) is 1.20. The van der Waals surface area contributed by atoms with Gasteiger partial charge in [0.1, 0.15) is 22.7 Å². The molecule has 0 saturated heterocycles. The Bertz CT molecular complexity index is 2540. The number of carbonyl (C=O) groups excluding carboxylic acids is 2. The van der Waals surface area contributed by atoms with Crippen molar-refractivity contribution in [3.63, 3.8) is 0 Å². The maximum atomic E-state index is 14.2. The molecule has 0 bridgehead atoms. The Morgan fingerprint density at radius 1 is 0.571 bits per heavy atom. The van der Waals surface area contributed by atoms with Crippen LogP contribution in [0.4, 0.5) is 17.1 Å². The van der Waals surface area contributed by atoms with E-state index in [9.17, 15) is 9.59 Å². The number of hydrogen-bond acceptors (Lipinski definition) is 9. The van der Waals surface area contributed by atoms with E-state index in [4.69, 9.17) is 18.9 Å². The molecule has 4 atom stereocenters. The Morgan fingerprint density at radius 2 is 1.18 bits per heavy atom. The van der Waals surface area contributed by atoms with Crippen molar-refractivity contribution in [3.8, 4) is 17.2 Å². The minimum atomic E-state index is -1.25. The first-order valence-electron chi connectivity index (χ1n) is 20.1. The fourth-order valence-corrected chi connectivity index (χ4v) is 11.3. The summed E-state index contributed by atoms with van der Waals surface area (Å²) in [6.45, 7) is 11.9. The molecule has 9 nitrogen and oxygen atoms in total. The highest BCUT2D eigenvalue weighted by Crippen LogP contribution is 2.73. The van der Waals surface area contributed by atoms with Gasteiger partial charge in [-0.1, -0.05) is 36.4 Å². The average molecular weight is 746 g/mol. The van der Waals surface area contributed by atoms with Crippen molar-refractivity contribution in [2.75, 3.05) is 41.3 Å². The number of esters is 2. The SMILES string of the molecule is CCN(CC)c1ccc2c(c1)Oc1cc3c(cc1C21OC(=O)c2ccccc21)N[C@]12CCC[C@]31C1(OC(=O)c3ccccc31)c1ccc(N(CC)CC)cc1O2. The van der Waals surface area contributed by atoms with Crippen molar-refractivity contribution in [3.05, 3.63) is 142 Å². The standard InChI is InChI=1S/C47H43N3O6/c1-5-49(6-2)28-18-20-34-39(24-28)53-40-27-36-38(26-37(40)46(34)32-16-11-9-14-30(32)42(51)55-46)48-45-23-13-22-44(36,45)47(33-17-12-10-15-31(33)43(52)56-47)35-21-19-29(25-41(35)54-45)50(7-3)8-4/h9-12,14-21,24-27,48H,5-8,13,22-23H2,1-4H3/t44-,45-,46?,47?/m0/s1. The monoisotopic (exact) mass is 745 g/mol. The van der Waals surface area contributed by atoms with Crippen LogP contribution >= 0.6 is 0 Å². The lowest BCUT2D eigenvalue weighted by molar-refractivity contribution is -0.108.